The van der Waals surface area contributed by atoms with Crippen molar-refractivity contribution in [2.45, 2.75) is 94.3 Å². The molecule has 0 radical (unpaired) electrons. The van der Waals surface area contributed by atoms with Crippen LogP contribution in [0.5, 0.6) is 0 Å². The predicted molar refractivity (Wildman–Crippen MR) is 185 cm³/mol. The minimum atomic E-state index is -0.907. The molecule has 236 valence electrons. The molecule has 4 nitrogen and oxygen atoms in total. The highest BCUT2D eigenvalue weighted by Gasteiger charge is 2.37. The number of Topliss-reactive ketones (excluding diaryl/α,β-unsaturated/α-hetero) is 2. The Kier molecular flexibility index (Phi) is 13.2. The lowest BCUT2D eigenvalue weighted by atomic mass is 9.71. The summed E-state index contributed by atoms with van der Waals surface area (Å²) in [7, 11) is 0. The lowest BCUT2D eigenvalue weighted by Crippen LogP contribution is -2.35. The van der Waals surface area contributed by atoms with Crippen molar-refractivity contribution in [3.63, 3.8) is 0 Å². The van der Waals surface area contributed by atoms with Crippen LogP contribution in [-0.2, 0) is 9.59 Å². The van der Waals surface area contributed by atoms with Crippen LogP contribution in [0, 0.1) is 10.8 Å². The van der Waals surface area contributed by atoms with Crippen molar-refractivity contribution < 1.29 is 19.8 Å². The molecule has 2 atom stereocenters. The number of carbonyl (C=O) groups is 2. The number of ketones is 2. The molecule has 2 rings (SSSR count). The Morgan fingerprint density at radius 1 is 0.568 bits per heavy atom. The molecule has 0 spiro atoms. The first-order valence-corrected chi connectivity index (χ1v) is 15.4. The van der Waals surface area contributed by atoms with Crippen LogP contribution in [0.2, 0.25) is 0 Å². The summed E-state index contributed by atoms with van der Waals surface area (Å²) in [6.07, 6.45) is 27.5. The molecular weight excluding hydrogens is 544 g/mol. The van der Waals surface area contributed by atoms with E-state index >= 15 is 0 Å². The molecule has 4 heteroatoms. The number of rotatable bonds is 10. The van der Waals surface area contributed by atoms with Gasteiger partial charge in [0.1, 0.15) is 12.2 Å². The molecule has 0 aromatic carbocycles. The van der Waals surface area contributed by atoms with Crippen LogP contribution in [0.15, 0.2) is 130 Å². The molecule has 0 fully saturated rings. The lowest BCUT2D eigenvalue weighted by Gasteiger charge is -2.34. The van der Waals surface area contributed by atoms with E-state index in [9.17, 15) is 19.8 Å². The van der Waals surface area contributed by atoms with E-state index in [1.165, 1.54) is 0 Å². The van der Waals surface area contributed by atoms with Crippen molar-refractivity contribution >= 4 is 11.6 Å². The number of carbonyl (C=O) groups excluding carboxylic acids is 2. The average Bonchev–Trinajstić information content (AvgIpc) is 2.92. The number of aliphatic hydroxyl groups excluding tert-OH is 2. The van der Waals surface area contributed by atoms with Crippen LogP contribution in [0.3, 0.4) is 0 Å². The molecule has 0 amide bonds. The number of allylic oxidation sites excluding steroid dienone is 20. The topological polar surface area (TPSA) is 74.6 Å². The zero-order valence-electron chi connectivity index (χ0n) is 28.4. The molecule has 0 bridgehead atoms. The second-order valence-corrected chi connectivity index (χ2v) is 13.4. The second kappa shape index (κ2) is 15.9. The molecule has 2 N–H and O–H groups in total. The monoisotopic (exact) mass is 596 g/mol. The van der Waals surface area contributed by atoms with E-state index in [1.54, 1.807) is 13.8 Å². The van der Waals surface area contributed by atoms with Gasteiger partial charge in [0.15, 0.2) is 11.6 Å². The van der Waals surface area contributed by atoms with Crippen molar-refractivity contribution in [2.75, 3.05) is 0 Å². The van der Waals surface area contributed by atoms with Gasteiger partial charge in [0.2, 0.25) is 0 Å². The Hall–Kier alpha value is -3.60. The molecule has 0 aromatic rings. The van der Waals surface area contributed by atoms with Gasteiger partial charge in [-0.3, -0.25) is 9.59 Å². The van der Waals surface area contributed by atoms with Crippen LogP contribution in [0.1, 0.15) is 82.1 Å². The molecule has 0 aliphatic heterocycles. The fraction of sp³-hybridized carbons (Fsp3) is 0.400. The van der Waals surface area contributed by atoms with Gasteiger partial charge < -0.3 is 10.2 Å². The van der Waals surface area contributed by atoms with E-state index in [-0.39, 0.29) is 22.4 Å². The third-order valence-corrected chi connectivity index (χ3v) is 8.31. The normalized spacial score (nSPS) is 24.5. The van der Waals surface area contributed by atoms with Crippen LogP contribution in [-0.4, -0.2) is 34.0 Å². The smallest absolute Gasteiger partial charge is 0.187 e. The van der Waals surface area contributed by atoms with Crippen LogP contribution >= 0.6 is 0 Å². The molecule has 0 heterocycles. The molecule has 2 aliphatic carbocycles. The molecule has 0 saturated carbocycles. The van der Waals surface area contributed by atoms with Gasteiger partial charge >= 0.3 is 0 Å². The zero-order valence-corrected chi connectivity index (χ0v) is 28.4. The number of hydrogen-bond acceptors (Lipinski definition) is 4. The summed E-state index contributed by atoms with van der Waals surface area (Å²) in [5.74, 6) is -0.350. The first-order chi connectivity index (χ1) is 20.5. The van der Waals surface area contributed by atoms with Crippen LogP contribution in [0.25, 0.3) is 0 Å². The summed E-state index contributed by atoms with van der Waals surface area (Å²) in [5.41, 5.74) is 7.16. The maximum absolute atomic E-state index is 12.2. The minimum Gasteiger partial charge on any atom is -0.385 e. The van der Waals surface area contributed by atoms with Crippen molar-refractivity contribution in [3.8, 4) is 0 Å². The summed E-state index contributed by atoms with van der Waals surface area (Å²) in [5, 5.41) is 20.0. The minimum absolute atomic E-state index is 0.175. The Morgan fingerprint density at radius 3 is 1.20 bits per heavy atom. The van der Waals surface area contributed by atoms with E-state index in [4.69, 9.17) is 0 Å². The van der Waals surface area contributed by atoms with Crippen LogP contribution < -0.4 is 0 Å². The van der Waals surface area contributed by atoms with Crippen molar-refractivity contribution in [3.05, 3.63) is 130 Å². The fourth-order valence-corrected chi connectivity index (χ4v) is 5.62. The highest BCUT2D eigenvalue weighted by molar-refractivity contribution is 6.01. The van der Waals surface area contributed by atoms with Crippen LogP contribution in [0.4, 0.5) is 0 Å². The van der Waals surface area contributed by atoms with E-state index in [0.29, 0.717) is 24.0 Å². The van der Waals surface area contributed by atoms with Gasteiger partial charge in [0.25, 0.3) is 0 Å². The van der Waals surface area contributed by atoms with Crippen molar-refractivity contribution in [1.29, 1.82) is 0 Å². The maximum atomic E-state index is 12.2. The van der Waals surface area contributed by atoms with Gasteiger partial charge in [-0.05, 0) is 87.5 Å². The Morgan fingerprint density at radius 2 is 0.864 bits per heavy atom. The second-order valence-electron chi connectivity index (χ2n) is 13.4. The van der Waals surface area contributed by atoms with E-state index in [2.05, 4.69) is 65.8 Å². The Balaban J connectivity index is 1.95. The molecule has 0 unspecified atom stereocenters. The van der Waals surface area contributed by atoms with E-state index in [0.717, 1.165) is 33.4 Å². The highest BCUT2D eigenvalue weighted by atomic mass is 16.3. The first kappa shape index (κ1) is 36.6. The quantitative estimate of drug-likeness (QED) is 0.247. The lowest BCUT2D eigenvalue weighted by molar-refractivity contribution is -0.126. The number of hydrogen-bond donors (Lipinski definition) is 2. The molecule has 44 heavy (non-hydrogen) atoms. The van der Waals surface area contributed by atoms with E-state index in [1.807, 2.05) is 74.6 Å². The average molecular weight is 597 g/mol. The fourth-order valence-electron chi connectivity index (χ4n) is 5.62. The highest BCUT2D eigenvalue weighted by Crippen LogP contribution is 2.40. The van der Waals surface area contributed by atoms with Gasteiger partial charge in [0, 0.05) is 0 Å². The SMILES string of the molecule is CC(C=CC1=C(C)C(=O)[C@@H](O)CC1(C)C)=C/C=C/C(C)=C/C=C/C=C(C)/C=C/C=C(C)/C=C/C1=C(C)C(=O)[C@@H](O)CC1(C)C. The third kappa shape index (κ3) is 10.5. The standard InChI is InChI=1S/C40H52O4/c1-27(17-13-19-29(3)21-23-33-31(5)37(43)35(41)25-39(33,7)8)15-11-12-16-28(2)18-14-20-30(4)22-24-34-32(6)38(44)36(42)26-40(34,9)10/h11-24,35-36,41-42H,25-26H2,1-10H3/b12-11+,17-13+,18-14+,23-21+,24-22?,27-15+,28-16+,29-19+,30-20?/t35-,36-/m0/s1. The molecule has 0 aromatic heterocycles. The van der Waals surface area contributed by atoms with Crippen molar-refractivity contribution in [1.82, 2.24) is 0 Å². The largest absolute Gasteiger partial charge is 0.385 e. The Labute approximate surface area is 265 Å². The van der Waals surface area contributed by atoms with Gasteiger partial charge in [-0.25, -0.2) is 0 Å². The maximum Gasteiger partial charge on any atom is 0.187 e. The third-order valence-electron chi connectivity index (χ3n) is 8.31. The first-order valence-electron chi connectivity index (χ1n) is 15.4. The predicted octanol–water partition coefficient (Wildman–Crippen LogP) is 8.91. The summed E-state index contributed by atoms with van der Waals surface area (Å²) < 4.78 is 0. The summed E-state index contributed by atoms with van der Waals surface area (Å²) >= 11 is 0. The zero-order chi connectivity index (χ0) is 33.2. The van der Waals surface area contributed by atoms with Gasteiger partial charge in [-0.2, -0.15) is 0 Å². The molecule has 2 aliphatic rings. The van der Waals surface area contributed by atoms with Crippen molar-refractivity contribution in [2.24, 2.45) is 10.8 Å². The summed E-state index contributed by atoms with van der Waals surface area (Å²) in [4.78, 5) is 24.5. The number of aliphatic hydroxyl groups is 2. The summed E-state index contributed by atoms with van der Waals surface area (Å²) in [6, 6.07) is 0. The van der Waals surface area contributed by atoms with E-state index < -0.39 is 12.2 Å². The van der Waals surface area contributed by atoms with Gasteiger partial charge in [-0.1, -0.05) is 135 Å². The van der Waals surface area contributed by atoms with Gasteiger partial charge in [-0.15, -0.1) is 0 Å². The Bertz CT molecular complexity index is 1340. The molecule has 0 saturated heterocycles. The summed E-state index contributed by atoms with van der Waals surface area (Å²) in [6.45, 7) is 20.0. The molecular formula is C40H52O4. The van der Waals surface area contributed by atoms with Gasteiger partial charge in [0.05, 0.1) is 0 Å².